The van der Waals surface area contributed by atoms with Crippen LogP contribution in [0.5, 0.6) is 0 Å². The van der Waals surface area contributed by atoms with Crippen molar-refractivity contribution in [2.75, 3.05) is 13.7 Å². The van der Waals surface area contributed by atoms with Crippen LogP contribution >= 0.6 is 34.7 Å². The second-order valence-electron chi connectivity index (χ2n) is 7.05. The van der Waals surface area contributed by atoms with Crippen LogP contribution in [0.2, 0.25) is 5.02 Å². The van der Waals surface area contributed by atoms with Gasteiger partial charge in [0.15, 0.2) is 5.16 Å². The third-order valence-corrected chi connectivity index (χ3v) is 7.44. The molecule has 9 heteroatoms. The number of nitrogens with zero attached hydrogens (tertiary/aromatic N) is 2. The summed E-state index contributed by atoms with van der Waals surface area (Å²) in [6.07, 6.45) is 1.54. The normalized spacial score (nSPS) is 12.3. The van der Waals surface area contributed by atoms with Gasteiger partial charge in [-0.15, -0.1) is 11.3 Å². The highest BCUT2D eigenvalue weighted by molar-refractivity contribution is 8.00. The van der Waals surface area contributed by atoms with Crippen molar-refractivity contribution >= 4 is 50.8 Å². The molecular weight excluding hydrogens is 454 g/mol. The molecule has 0 aliphatic carbocycles. The largest absolute Gasteiger partial charge is 0.385 e. The molecular formula is C22H26ClN3O3S2. The highest BCUT2D eigenvalue weighted by atomic mass is 35.5. The van der Waals surface area contributed by atoms with Gasteiger partial charge < -0.3 is 10.1 Å². The molecule has 6 nitrogen and oxygen atoms in total. The molecule has 0 unspecified atom stereocenters. The monoisotopic (exact) mass is 479 g/mol. The summed E-state index contributed by atoms with van der Waals surface area (Å²) >= 11 is 9.00. The minimum absolute atomic E-state index is 0.0665. The number of benzene rings is 1. The van der Waals surface area contributed by atoms with E-state index >= 15 is 0 Å². The predicted octanol–water partition coefficient (Wildman–Crippen LogP) is 4.51. The number of halogens is 1. The molecule has 0 fully saturated rings. The number of ether oxygens (including phenoxy) is 1. The van der Waals surface area contributed by atoms with Crippen molar-refractivity contribution in [3.8, 4) is 0 Å². The summed E-state index contributed by atoms with van der Waals surface area (Å²) in [5, 5.41) is 4.30. The van der Waals surface area contributed by atoms with E-state index in [1.807, 2.05) is 31.2 Å². The van der Waals surface area contributed by atoms with Gasteiger partial charge in [-0.3, -0.25) is 14.2 Å². The number of hydrogen-bond acceptors (Lipinski definition) is 6. The van der Waals surface area contributed by atoms with Crippen LogP contribution in [0.1, 0.15) is 30.7 Å². The maximum absolute atomic E-state index is 13.1. The summed E-state index contributed by atoms with van der Waals surface area (Å²) in [6.45, 7) is 5.26. The highest BCUT2D eigenvalue weighted by Gasteiger charge is 2.20. The van der Waals surface area contributed by atoms with Crippen LogP contribution in [0.15, 0.2) is 40.3 Å². The summed E-state index contributed by atoms with van der Waals surface area (Å²) in [6, 6.07) is 9.34. The van der Waals surface area contributed by atoms with Gasteiger partial charge in [0, 0.05) is 36.7 Å². The van der Waals surface area contributed by atoms with Crippen LogP contribution in [0.4, 0.5) is 0 Å². The zero-order valence-corrected chi connectivity index (χ0v) is 20.2. The fraction of sp³-hybridized carbons (Fsp3) is 0.409. The summed E-state index contributed by atoms with van der Waals surface area (Å²) in [5.74, 6) is -0.136. The SMILES string of the molecule is CCc1cc2c(=O)n(CCCOC)c(S[C@@H](C)C(=O)NCc3ccccc3Cl)nc2s1. The number of rotatable bonds is 10. The Morgan fingerprint density at radius 3 is 2.87 bits per heavy atom. The number of aryl methyl sites for hydroxylation is 1. The third kappa shape index (κ3) is 5.88. The van der Waals surface area contributed by atoms with Crippen molar-refractivity contribution in [1.82, 2.24) is 14.9 Å². The first-order valence-electron chi connectivity index (χ1n) is 10.1. The Balaban J connectivity index is 1.80. The molecule has 0 bridgehead atoms. The maximum atomic E-state index is 13.1. The second kappa shape index (κ2) is 11.1. The van der Waals surface area contributed by atoms with E-state index in [1.165, 1.54) is 23.1 Å². The molecule has 166 valence electrons. The average molecular weight is 480 g/mol. The Morgan fingerprint density at radius 1 is 1.39 bits per heavy atom. The van der Waals surface area contributed by atoms with Gasteiger partial charge in [-0.2, -0.15) is 0 Å². The van der Waals surface area contributed by atoms with Crippen molar-refractivity contribution in [2.45, 2.75) is 50.2 Å². The number of carbonyl (C=O) groups excluding carboxylic acids is 1. The topological polar surface area (TPSA) is 73.2 Å². The van der Waals surface area contributed by atoms with Crippen molar-refractivity contribution in [3.05, 3.63) is 56.1 Å². The average Bonchev–Trinajstić information content (AvgIpc) is 3.18. The van der Waals surface area contributed by atoms with E-state index in [4.69, 9.17) is 21.3 Å². The Morgan fingerprint density at radius 2 is 2.16 bits per heavy atom. The van der Waals surface area contributed by atoms with Crippen molar-refractivity contribution in [1.29, 1.82) is 0 Å². The number of hydrogen-bond donors (Lipinski definition) is 1. The molecule has 0 spiro atoms. The van der Waals surface area contributed by atoms with Gasteiger partial charge >= 0.3 is 0 Å². The molecule has 2 aromatic heterocycles. The Kier molecular flexibility index (Phi) is 8.54. The minimum atomic E-state index is -0.425. The molecule has 0 saturated heterocycles. The molecule has 0 aliphatic heterocycles. The van der Waals surface area contributed by atoms with E-state index in [1.54, 1.807) is 17.7 Å². The number of fused-ring (bicyclic) bond motifs is 1. The first-order chi connectivity index (χ1) is 14.9. The lowest BCUT2D eigenvalue weighted by molar-refractivity contribution is -0.120. The lowest BCUT2D eigenvalue weighted by Crippen LogP contribution is -2.31. The zero-order valence-electron chi connectivity index (χ0n) is 17.8. The standard InChI is InChI=1S/C22H26ClN3O3S2/c1-4-16-12-17-20(31-16)25-22(26(21(17)28)10-7-11-29-3)30-14(2)19(27)24-13-15-8-5-6-9-18(15)23/h5-6,8-9,12,14H,4,7,10-11,13H2,1-3H3,(H,24,27)/t14-/m0/s1. The predicted molar refractivity (Wildman–Crippen MR) is 128 cm³/mol. The van der Waals surface area contributed by atoms with E-state index in [-0.39, 0.29) is 11.5 Å². The van der Waals surface area contributed by atoms with Gasteiger partial charge in [0.2, 0.25) is 5.91 Å². The summed E-state index contributed by atoms with van der Waals surface area (Å²) in [5.41, 5.74) is 0.791. The van der Waals surface area contributed by atoms with Gasteiger partial charge in [0.1, 0.15) is 4.83 Å². The van der Waals surface area contributed by atoms with Crippen LogP contribution in [-0.4, -0.2) is 34.4 Å². The van der Waals surface area contributed by atoms with Gasteiger partial charge in [0.25, 0.3) is 5.56 Å². The van der Waals surface area contributed by atoms with E-state index < -0.39 is 5.25 Å². The number of aromatic nitrogens is 2. The van der Waals surface area contributed by atoms with E-state index in [0.717, 1.165) is 21.7 Å². The quantitative estimate of drug-likeness (QED) is 0.263. The van der Waals surface area contributed by atoms with Gasteiger partial charge in [-0.05, 0) is 37.5 Å². The number of methoxy groups -OCH3 is 1. The Bertz CT molecular complexity index is 1110. The molecule has 0 saturated carbocycles. The molecule has 0 aliphatic rings. The van der Waals surface area contributed by atoms with Crippen molar-refractivity contribution in [3.63, 3.8) is 0 Å². The van der Waals surface area contributed by atoms with Crippen LogP contribution in [0, 0.1) is 0 Å². The molecule has 1 atom stereocenters. The van der Waals surface area contributed by atoms with Gasteiger partial charge in [-0.1, -0.05) is 48.5 Å². The molecule has 31 heavy (non-hydrogen) atoms. The molecule has 3 aromatic rings. The van der Waals surface area contributed by atoms with Crippen LogP contribution in [0.25, 0.3) is 10.2 Å². The number of thiophene rings is 1. The van der Waals surface area contributed by atoms with Crippen LogP contribution < -0.4 is 10.9 Å². The Labute approximate surface area is 195 Å². The summed E-state index contributed by atoms with van der Waals surface area (Å²) < 4.78 is 6.80. The van der Waals surface area contributed by atoms with E-state index in [2.05, 4.69) is 12.2 Å². The van der Waals surface area contributed by atoms with Crippen LogP contribution in [0.3, 0.4) is 0 Å². The molecule has 3 rings (SSSR count). The minimum Gasteiger partial charge on any atom is -0.385 e. The lowest BCUT2D eigenvalue weighted by Gasteiger charge is -2.16. The van der Waals surface area contributed by atoms with Gasteiger partial charge in [0.05, 0.1) is 10.6 Å². The lowest BCUT2D eigenvalue weighted by atomic mass is 10.2. The van der Waals surface area contributed by atoms with E-state index in [0.29, 0.717) is 41.7 Å². The first kappa shape index (κ1) is 23.8. The van der Waals surface area contributed by atoms with Crippen molar-refractivity contribution < 1.29 is 9.53 Å². The maximum Gasteiger partial charge on any atom is 0.262 e. The fourth-order valence-corrected chi connectivity index (χ4v) is 5.23. The number of nitrogens with one attached hydrogen (secondary N) is 1. The molecule has 2 heterocycles. The van der Waals surface area contributed by atoms with Crippen LogP contribution in [-0.2, 0) is 29.0 Å². The fourth-order valence-electron chi connectivity index (χ4n) is 3.05. The summed E-state index contributed by atoms with van der Waals surface area (Å²) in [7, 11) is 1.64. The number of carbonyl (C=O) groups is 1. The smallest absolute Gasteiger partial charge is 0.262 e. The summed E-state index contributed by atoms with van der Waals surface area (Å²) in [4.78, 5) is 32.4. The van der Waals surface area contributed by atoms with Crippen molar-refractivity contribution in [2.24, 2.45) is 0 Å². The van der Waals surface area contributed by atoms with E-state index in [9.17, 15) is 9.59 Å². The second-order valence-corrected chi connectivity index (χ2v) is 9.88. The highest BCUT2D eigenvalue weighted by Crippen LogP contribution is 2.27. The molecule has 1 N–H and O–H groups in total. The first-order valence-corrected chi connectivity index (χ1v) is 12.2. The number of amides is 1. The molecule has 1 amide bonds. The Hall–Kier alpha value is -1.87. The molecule has 1 aromatic carbocycles. The number of thioether (sulfide) groups is 1. The van der Waals surface area contributed by atoms with Gasteiger partial charge in [-0.25, -0.2) is 4.98 Å². The molecule has 0 radical (unpaired) electrons. The third-order valence-electron chi connectivity index (χ3n) is 4.81. The zero-order chi connectivity index (χ0) is 22.4.